The lowest BCUT2D eigenvalue weighted by atomic mass is 9.99. The second-order valence-corrected chi connectivity index (χ2v) is 12.4. The fraction of sp³-hybridized carbons (Fsp3) is 0.545. The summed E-state index contributed by atoms with van der Waals surface area (Å²) in [5.74, 6) is 0. The quantitative estimate of drug-likeness (QED) is 0.588. The van der Waals surface area contributed by atoms with Crippen molar-refractivity contribution in [3.8, 4) is 0 Å². The fourth-order valence-corrected chi connectivity index (χ4v) is 7.66. The maximum atomic E-state index is 13.8. The largest absolute Gasteiger partial charge is 0.386 e. The van der Waals surface area contributed by atoms with Crippen molar-refractivity contribution in [3.63, 3.8) is 0 Å². The molecule has 4 rings (SSSR count). The molecule has 0 spiro atoms. The van der Waals surface area contributed by atoms with E-state index in [2.05, 4.69) is 15.7 Å². The van der Waals surface area contributed by atoms with Crippen LogP contribution in [0.1, 0.15) is 54.5 Å². The van der Waals surface area contributed by atoms with E-state index in [9.17, 15) is 14.4 Å². The first-order valence-electron chi connectivity index (χ1n) is 10.5. The summed E-state index contributed by atoms with van der Waals surface area (Å²) in [5, 5.41) is 26.1. The van der Waals surface area contributed by atoms with E-state index in [4.69, 9.17) is 0 Å². The number of thiophene rings is 1. The number of hydrogen-bond donors (Lipinski definition) is 3. The molecule has 1 heterocycles. The number of nitrogens with zero attached hydrogens (tertiary/aromatic N) is 2. The average molecular weight is 450 g/mol. The lowest BCUT2D eigenvalue weighted by molar-refractivity contribution is 0.0789. The third-order valence-corrected chi connectivity index (χ3v) is 9.81. The first-order chi connectivity index (χ1) is 14.1. The predicted molar refractivity (Wildman–Crippen MR) is 122 cm³/mol. The third-order valence-electron chi connectivity index (χ3n) is 6.03. The molecular weight excluding hydrogens is 418 g/mol. The molecule has 2 unspecified atom stereocenters. The van der Waals surface area contributed by atoms with Gasteiger partial charge in [-0.25, -0.2) is 8.51 Å². The van der Waals surface area contributed by atoms with Crippen molar-refractivity contribution in [2.75, 3.05) is 19.4 Å². The highest BCUT2D eigenvalue weighted by molar-refractivity contribution is 7.93. The van der Waals surface area contributed by atoms with Gasteiger partial charge in [0.15, 0.2) is 9.92 Å². The summed E-state index contributed by atoms with van der Waals surface area (Å²) in [6.07, 6.45) is 5.13. The van der Waals surface area contributed by atoms with Gasteiger partial charge in [-0.15, -0.1) is 11.3 Å². The summed E-state index contributed by atoms with van der Waals surface area (Å²) in [6, 6.07) is 4.06. The SMILES string of the molecule is CN(C)S(=O)(=NC(O)Nc1c2c(cc3c1CCC3)CCC2)c1cc(C(C)(C)O)cs1. The second-order valence-electron chi connectivity index (χ2n) is 8.88. The van der Waals surface area contributed by atoms with Crippen molar-refractivity contribution in [1.29, 1.82) is 0 Å². The molecule has 2 aliphatic rings. The molecule has 1 aromatic heterocycles. The number of anilines is 1. The molecule has 1 aromatic carbocycles. The fourth-order valence-electron chi connectivity index (χ4n) is 4.38. The van der Waals surface area contributed by atoms with E-state index in [1.165, 1.54) is 37.9 Å². The van der Waals surface area contributed by atoms with E-state index in [1.54, 1.807) is 39.4 Å². The van der Waals surface area contributed by atoms with Crippen molar-refractivity contribution in [2.45, 2.75) is 68.5 Å². The van der Waals surface area contributed by atoms with Crippen LogP contribution in [-0.2, 0) is 41.2 Å². The number of rotatable bonds is 6. The minimum Gasteiger partial charge on any atom is -0.386 e. The van der Waals surface area contributed by atoms with E-state index < -0.39 is 21.9 Å². The lowest BCUT2D eigenvalue weighted by Crippen LogP contribution is -2.27. The summed E-state index contributed by atoms with van der Waals surface area (Å²) in [6.45, 7) is 3.39. The number of aliphatic hydroxyl groups excluding tert-OH is 1. The Bertz CT molecular complexity index is 1040. The number of hydrogen-bond acceptors (Lipinski definition) is 6. The molecule has 8 heteroatoms. The molecule has 0 radical (unpaired) electrons. The molecule has 30 heavy (non-hydrogen) atoms. The zero-order valence-electron chi connectivity index (χ0n) is 18.1. The highest BCUT2D eigenvalue weighted by Crippen LogP contribution is 2.39. The highest BCUT2D eigenvalue weighted by Gasteiger charge is 2.27. The Morgan fingerprint density at radius 1 is 1.13 bits per heavy atom. The Hall–Kier alpha value is -1.45. The summed E-state index contributed by atoms with van der Waals surface area (Å²) < 4.78 is 20.2. The maximum absolute atomic E-state index is 13.8. The number of fused-ring (bicyclic) bond motifs is 2. The van der Waals surface area contributed by atoms with E-state index in [0.717, 1.165) is 44.2 Å². The summed E-state index contributed by atoms with van der Waals surface area (Å²) >= 11 is 1.29. The van der Waals surface area contributed by atoms with Crippen LogP contribution in [0.5, 0.6) is 0 Å². The summed E-state index contributed by atoms with van der Waals surface area (Å²) in [5.41, 5.74) is 5.96. The van der Waals surface area contributed by atoms with E-state index in [1.807, 2.05) is 0 Å². The van der Waals surface area contributed by atoms with Gasteiger partial charge in [0.1, 0.15) is 4.21 Å². The molecule has 6 nitrogen and oxygen atoms in total. The number of aryl methyl sites for hydroxylation is 2. The van der Waals surface area contributed by atoms with Gasteiger partial charge >= 0.3 is 0 Å². The van der Waals surface area contributed by atoms with Gasteiger partial charge in [-0.05, 0) is 91.6 Å². The molecule has 0 saturated heterocycles. The van der Waals surface area contributed by atoms with Crippen LogP contribution in [0.25, 0.3) is 0 Å². The molecule has 2 aliphatic carbocycles. The molecule has 0 fully saturated rings. The monoisotopic (exact) mass is 449 g/mol. The van der Waals surface area contributed by atoms with Gasteiger partial charge in [-0.3, -0.25) is 0 Å². The van der Waals surface area contributed by atoms with Crippen molar-refractivity contribution in [3.05, 3.63) is 45.3 Å². The van der Waals surface area contributed by atoms with Crippen LogP contribution in [-0.4, -0.2) is 39.2 Å². The van der Waals surface area contributed by atoms with Crippen molar-refractivity contribution in [1.82, 2.24) is 4.31 Å². The minimum absolute atomic E-state index is 0.522. The molecule has 0 bridgehead atoms. The smallest absolute Gasteiger partial charge is 0.233 e. The van der Waals surface area contributed by atoms with Crippen LogP contribution in [0, 0.1) is 0 Å². The van der Waals surface area contributed by atoms with Crippen molar-refractivity contribution >= 4 is 26.9 Å². The van der Waals surface area contributed by atoms with Gasteiger partial charge in [-0.1, -0.05) is 6.07 Å². The summed E-state index contributed by atoms with van der Waals surface area (Å²) in [4.78, 5) is 0. The Morgan fingerprint density at radius 2 is 1.73 bits per heavy atom. The zero-order chi connectivity index (χ0) is 21.7. The van der Waals surface area contributed by atoms with Crippen LogP contribution in [0.4, 0.5) is 5.69 Å². The molecule has 3 N–H and O–H groups in total. The maximum Gasteiger partial charge on any atom is 0.233 e. The van der Waals surface area contributed by atoms with Gasteiger partial charge in [0.05, 0.1) is 5.60 Å². The standard InChI is InChI=1S/C22H31N3O3S2/c1-22(2,27)16-12-19(29-13-16)30(28,25(3)4)24-21(26)23-20-17-9-5-7-14(17)11-15-8-6-10-18(15)20/h11-13,21,23,26-27H,5-10H2,1-4H3. The topological polar surface area (TPSA) is 85.2 Å². The van der Waals surface area contributed by atoms with Crippen molar-refractivity contribution < 1.29 is 14.4 Å². The Kier molecular flexibility index (Phi) is 5.74. The van der Waals surface area contributed by atoms with Crippen molar-refractivity contribution in [2.24, 2.45) is 4.36 Å². The van der Waals surface area contributed by atoms with Crippen LogP contribution >= 0.6 is 11.3 Å². The first kappa shape index (κ1) is 21.8. The van der Waals surface area contributed by atoms with Gasteiger partial charge in [0.2, 0.25) is 6.35 Å². The Labute approximate surface area is 183 Å². The Morgan fingerprint density at radius 3 is 2.23 bits per heavy atom. The molecular formula is C22H31N3O3S2. The van der Waals surface area contributed by atoms with Gasteiger partial charge in [0, 0.05) is 19.8 Å². The average Bonchev–Trinajstić information content (AvgIpc) is 3.40. The minimum atomic E-state index is -3.02. The van der Waals surface area contributed by atoms with E-state index >= 15 is 0 Å². The Balaban J connectivity index is 1.70. The molecule has 164 valence electrons. The highest BCUT2D eigenvalue weighted by atomic mass is 32.2. The molecule has 0 aliphatic heterocycles. The molecule has 0 saturated carbocycles. The number of nitrogens with one attached hydrogen (secondary N) is 1. The van der Waals surface area contributed by atoms with Crippen LogP contribution in [0.3, 0.4) is 0 Å². The number of benzene rings is 1. The molecule has 2 aromatic rings. The van der Waals surface area contributed by atoms with Gasteiger partial charge < -0.3 is 15.5 Å². The molecule has 0 amide bonds. The summed E-state index contributed by atoms with van der Waals surface area (Å²) in [7, 11) is 0.371. The third kappa shape index (κ3) is 3.91. The molecule has 2 atom stereocenters. The van der Waals surface area contributed by atoms with Gasteiger partial charge in [-0.2, -0.15) is 4.36 Å². The van der Waals surface area contributed by atoms with Gasteiger partial charge in [0.25, 0.3) is 0 Å². The zero-order valence-corrected chi connectivity index (χ0v) is 19.7. The first-order valence-corrected chi connectivity index (χ1v) is 12.8. The second kappa shape index (κ2) is 7.91. The van der Waals surface area contributed by atoms with Crippen LogP contribution < -0.4 is 5.32 Å². The normalized spacial score (nSPS) is 18.8. The lowest BCUT2D eigenvalue weighted by Gasteiger charge is -2.22. The predicted octanol–water partition coefficient (Wildman–Crippen LogP) is 3.64. The van der Waals surface area contributed by atoms with E-state index in [-0.39, 0.29) is 0 Å². The van der Waals surface area contributed by atoms with Crippen LogP contribution in [0.2, 0.25) is 0 Å². The number of aliphatic hydroxyl groups is 2. The van der Waals surface area contributed by atoms with E-state index in [0.29, 0.717) is 9.77 Å². The van der Waals surface area contributed by atoms with Crippen LogP contribution in [0.15, 0.2) is 26.1 Å².